The summed E-state index contributed by atoms with van der Waals surface area (Å²) in [6.07, 6.45) is 1.97. The third-order valence-electron chi connectivity index (χ3n) is 1.78. The van der Waals surface area contributed by atoms with E-state index >= 15 is 0 Å². The molecule has 0 aliphatic carbocycles. The van der Waals surface area contributed by atoms with E-state index in [-0.39, 0.29) is 18.3 Å². The van der Waals surface area contributed by atoms with Crippen LogP contribution in [0.3, 0.4) is 0 Å². The fraction of sp³-hybridized carbons (Fsp3) is 0.300. The lowest BCUT2D eigenvalue weighted by Gasteiger charge is -2.10. The molecule has 0 saturated heterocycles. The number of carbonyl (C=O) groups is 1. The lowest BCUT2D eigenvalue weighted by atomic mass is 10.3. The van der Waals surface area contributed by atoms with Crippen molar-refractivity contribution < 1.29 is 4.79 Å². The lowest BCUT2D eigenvalue weighted by molar-refractivity contribution is -0.117. The fourth-order valence-electron chi connectivity index (χ4n) is 0.994. The summed E-state index contributed by atoms with van der Waals surface area (Å²) in [6.45, 7) is 1.66. The molecule has 0 aliphatic rings. The highest BCUT2D eigenvalue weighted by atomic mass is 35.5. The zero-order valence-electron chi connectivity index (χ0n) is 8.69. The fourth-order valence-corrected chi connectivity index (χ4v) is 1.55. The van der Waals surface area contributed by atoms with Gasteiger partial charge in [0.2, 0.25) is 5.91 Å². The standard InChI is InChI=1S/C10H14N2OS.ClH/c1-7(11)10(13)12-8-5-3-4-6-9(8)14-2;/h3-7H,11H2,1-2H3,(H,12,13);1H/t7-;/m0./s1. The van der Waals surface area contributed by atoms with E-state index in [0.717, 1.165) is 10.6 Å². The normalized spacial score (nSPS) is 11.4. The van der Waals surface area contributed by atoms with Gasteiger partial charge in [0.1, 0.15) is 0 Å². The molecule has 1 aromatic rings. The first-order valence-electron chi connectivity index (χ1n) is 4.34. The molecule has 84 valence electrons. The molecule has 1 amide bonds. The van der Waals surface area contributed by atoms with Crippen molar-refractivity contribution in [1.29, 1.82) is 0 Å². The quantitative estimate of drug-likeness (QED) is 0.804. The monoisotopic (exact) mass is 246 g/mol. The number of halogens is 1. The number of amides is 1. The van der Waals surface area contributed by atoms with E-state index < -0.39 is 6.04 Å². The molecule has 0 fully saturated rings. The Morgan fingerprint density at radius 2 is 2.07 bits per heavy atom. The summed E-state index contributed by atoms with van der Waals surface area (Å²) >= 11 is 1.59. The van der Waals surface area contributed by atoms with Crippen LogP contribution >= 0.6 is 24.2 Å². The van der Waals surface area contributed by atoms with Gasteiger partial charge in [0.05, 0.1) is 11.7 Å². The van der Waals surface area contributed by atoms with Crippen molar-refractivity contribution in [1.82, 2.24) is 0 Å². The number of nitrogens with one attached hydrogen (secondary N) is 1. The maximum Gasteiger partial charge on any atom is 0.241 e. The third kappa shape index (κ3) is 4.11. The van der Waals surface area contributed by atoms with Gasteiger partial charge in [0.25, 0.3) is 0 Å². The maximum atomic E-state index is 11.3. The molecule has 1 rings (SSSR count). The summed E-state index contributed by atoms with van der Waals surface area (Å²) in [4.78, 5) is 12.4. The molecule has 0 spiro atoms. The van der Waals surface area contributed by atoms with Crippen molar-refractivity contribution in [3.8, 4) is 0 Å². The molecule has 0 heterocycles. The molecule has 3 nitrogen and oxygen atoms in total. The van der Waals surface area contributed by atoms with Crippen LogP contribution in [0, 0.1) is 0 Å². The third-order valence-corrected chi connectivity index (χ3v) is 2.57. The Hall–Kier alpha value is -0.710. The first kappa shape index (κ1) is 14.3. The van der Waals surface area contributed by atoms with Crippen LogP contribution in [-0.2, 0) is 4.79 Å². The highest BCUT2D eigenvalue weighted by Crippen LogP contribution is 2.24. The Labute approximate surface area is 100 Å². The van der Waals surface area contributed by atoms with Crippen molar-refractivity contribution in [3.05, 3.63) is 24.3 Å². The Morgan fingerprint density at radius 3 is 2.60 bits per heavy atom. The Kier molecular flexibility index (Phi) is 6.40. The number of carbonyl (C=O) groups excluding carboxylic acids is 1. The van der Waals surface area contributed by atoms with E-state index in [1.807, 2.05) is 30.5 Å². The van der Waals surface area contributed by atoms with Crippen LogP contribution in [0.5, 0.6) is 0 Å². The molecule has 5 heteroatoms. The summed E-state index contributed by atoms with van der Waals surface area (Å²) in [5, 5.41) is 2.78. The van der Waals surface area contributed by atoms with E-state index in [1.54, 1.807) is 18.7 Å². The van der Waals surface area contributed by atoms with Gasteiger partial charge in [-0.25, -0.2) is 0 Å². The van der Waals surface area contributed by atoms with Crippen LogP contribution < -0.4 is 11.1 Å². The van der Waals surface area contributed by atoms with Crippen LogP contribution in [0.4, 0.5) is 5.69 Å². The van der Waals surface area contributed by atoms with Crippen LogP contribution in [-0.4, -0.2) is 18.2 Å². The van der Waals surface area contributed by atoms with E-state index in [9.17, 15) is 4.79 Å². The van der Waals surface area contributed by atoms with E-state index in [2.05, 4.69) is 5.32 Å². The summed E-state index contributed by atoms with van der Waals surface area (Å²) in [5.41, 5.74) is 6.28. The van der Waals surface area contributed by atoms with Gasteiger partial charge in [0, 0.05) is 4.90 Å². The number of para-hydroxylation sites is 1. The molecular formula is C10H15ClN2OS. The van der Waals surface area contributed by atoms with E-state index in [1.165, 1.54) is 0 Å². The van der Waals surface area contributed by atoms with Gasteiger partial charge in [0.15, 0.2) is 0 Å². The first-order valence-corrected chi connectivity index (χ1v) is 5.57. The van der Waals surface area contributed by atoms with Gasteiger partial charge in [-0.05, 0) is 25.3 Å². The van der Waals surface area contributed by atoms with E-state index in [0.29, 0.717) is 0 Å². The number of anilines is 1. The second-order valence-electron chi connectivity index (χ2n) is 2.98. The predicted molar refractivity (Wildman–Crippen MR) is 67.8 cm³/mol. The second kappa shape index (κ2) is 6.71. The number of thioether (sulfide) groups is 1. The van der Waals surface area contributed by atoms with Gasteiger partial charge in [-0.2, -0.15) is 0 Å². The van der Waals surface area contributed by atoms with Crippen LogP contribution in [0.15, 0.2) is 29.2 Å². The number of rotatable bonds is 3. The van der Waals surface area contributed by atoms with Crippen LogP contribution in [0.2, 0.25) is 0 Å². The number of hydrogen-bond acceptors (Lipinski definition) is 3. The summed E-state index contributed by atoms with van der Waals surface area (Å²) in [5.74, 6) is -0.161. The highest BCUT2D eigenvalue weighted by Gasteiger charge is 2.09. The predicted octanol–water partition coefficient (Wildman–Crippen LogP) is 2.12. The number of nitrogens with two attached hydrogens (primary N) is 1. The van der Waals surface area contributed by atoms with Gasteiger partial charge in [-0.3, -0.25) is 4.79 Å². The second-order valence-corrected chi connectivity index (χ2v) is 3.83. The van der Waals surface area contributed by atoms with E-state index in [4.69, 9.17) is 5.73 Å². The van der Waals surface area contributed by atoms with Crippen molar-refractivity contribution in [2.45, 2.75) is 17.9 Å². The highest BCUT2D eigenvalue weighted by molar-refractivity contribution is 7.98. The average Bonchev–Trinajstić information content (AvgIpc) is 2.18. The SMILES string of the molecule is CSc1ccccc1NC(=O)[C@H](C)N.Cl. The van der Waals surface area contributed by atoms with Gasteiger partial charge in [-0.15, -0.1) is 24.2 Å². The Bertz CT molecular complexity index is 331. The van der Waals surface area contributed by atoms with Crippen molar-refractivity contribution in [2.24, 2.45) is 5.73 Å². The molecule has 1 atom stereocenters. The molecule has 0 radical (unpaired) electrons. The summed E-state index contributed by atoms with van der Waals surface area (Å²) < 4.78 is 0. The molecule has 0 bridgehead atoms. The zero-order valence-corrected chi connectivity index (χ0v) is 10.3. The lowest BCUT2D eigenvalue weighted by Crippen LogP contribution is -2.32. The largest absolute Gasteiger partial charge is 0.324 e. The van der Waals surface area contributed by atoms with Gasteiger partial charge >= 0.3 is 0 Å². The number of hydrogen-bond donors (Lipinski definition) is 2. The molecule has 0 unspecified atom stereocenters. The summed E-state index contributed by atoms with van der Waals surface area (Å²) in [6, 6.07) is 7.17. The molecule has 1 aromatic carbocycles. The van der Waals surface area contributed by atoms with Gasteiger partial charge in [-0.1, -0.05) is 12.1 Å². The van der Waals surface area contributed by atoms with Crippen LogP contribution in [0.1, 0.15) is 6.92 Å². The van der Waals surface area contributed by atoms with Crippen molar-refractivity contribution >= 4 is 35.8 Å². The van der Waals surface area contributed by atoms with Gasteiger partial charge < -0.3 is 11.1 Å². The maximum absolute atomic E-state index is 11.3. The summed E-state index contributed by atoms with van der Waals surface area (Å²) in [7, 11) is 0. The zero-order chi connectivity index (χ0) is 10.6. The molecule has 0 aromatic heterocycles. The minimum atomic E-state index is -0.482. The Morgan fingerprint density at radius 1 is 1.47 bits per heavy atom. The topological polar surface area (TPSA) is 55.1 Å². The molecule has 0 aliphatic heterocycles. The molecule has 3 N–H and O–H groups in total. The minimum absolute atomic E-state index is 0. The first-order chi connectivity index (χ1) is 6.65. The average molecular weight is 247 g/mol. The number of benzene rings is 1. The Balaban J connectivity index is 0.00000196. The smallest absolute Gasteiger partial charge is 0.241 e. The molecule has 0 saturated carbocycles. The molecular weight excluding hydrogens is 232 g/mol. The van der Waals surface area contributed by atoms with Crippen molar-refractivity contribution in [2.75, 3.05) is 11.6 Å². The van der Waals surface area contributed by atoms with Crippen molar-refractivity contribution in [3.63, 3.8) is 0 Å². The molecule has 15 heavy (non-hydrogen) atoms. The minimum Gasteiger partial charge on any atom is -0.324 e. The van der Waals surface area contributed by atoms with Crippen LogP contribution in [0.25, 0.3) is 0 Å².